The molecule has 0 unspecified atom stereocenters. The number of aliphatic hydroxyl groups is 1. The predicted octanol–water partition coefficient (Wildman–Crippen LogP) is 1.49. The number of halogens is 1. The molecule has 1 amide bonds. The molecule has 0 spiro atoms. The van der Waals surface area contributed by atoms with Gasteiger partial charge in [-0.25, -0.2) is 0 Å². The summed E-state index contributed by atoms with van der Waals surface area (Å²) in [5, 5.41) is 12.8. The maximum absolute atomic E-state index is 12.2. The lowest BCUT2D eigenvalue weighted by atomic mass is 9.81. The highest BCUT2D eigenvalue weighted by atomic mass is 35.5. The summed E-state index contributed by atoms with van der Waals surface area (Å²) in [6.07, 6.45) is 8.24. The van der Waals surface area contributed by atoms with E-state index in [1.54, 1.807) is 0 Å². The largest absolute Gasteiger partial charge is 0.391 e. The van der Waals surface area contributed by atoms with Crippen molar-refractivity contribution in [2.45, 2.75) is 75.5 Å². The SMILES string of the molecule is Cl.NC1(C(=O)N[C@@H]2CCCC[C@H]2O)CCCCC1. The van der Waals surface area contributed by atoms with Gasteiger partial charge in [-0.15, -0.1) is 12.4 Å². The van der Waals surface area contributed by atoms with Gasteiger partial charge >= 0.3 is 0 Å². The lowest BCUT2D eigenvalue weighted by molar-refractivity contribution is -0.129. The number of aliphatic hydroxyl groups excluding tert-OH is 1. The molecule has 0 radical (unpaired) electrons. The van der Waals surface area contributed by atoms with E-state index in [1.807, 2.05) is 0 Å². The molecular formula is C13H25ClN2O2. The van der Waals surface area contributed by atoms with Crippen molar-refractivity contribution in [2.24, 2.45) is 5.73 Å². The van der Waals surface area contributed by atoms with Gasteiger partial charge in [0.15, 0.2) is 0 Å². The standard InChI is InChI=1S/C13H24N2O2.ClH/c14-13(8-4-1-5-9-13)12(17)15-10-6-2-3-7-11(10)16;/h10-11,16H,1-9,14H2,(H,15,17);1H/t10-,11-;/m1./s1. The van der Waals surface area contributed by atoms with Gasteiger partial charge in [-0.2, -0.15) is 0 Å². The fourth-order valence-corrected chi connectivity index (χ4v) is 3.00. The summed E-state index contributed by atoms with van der Waals surface area (Å²) < 4.78 is 0. The van der Waals surface area contributed by atoms with Crippen molar-refractivity contribution in [1.82, 2.24) is 5.32 Å². The molecule has 0 aromatic heterocycles. The van der Waals surface area contributed by atoms with Gasteiger partial charge in [-0.3, -0.25) is 4.79 Å². The molecule has 0 heterocycles. The average molecular weight is 277 g/mol. The van der Waals surface area contributed by atoms with Gasteiger partial charge in [-0.1, -0.05) is 32.1 Å². The minimum Gasteiger partial charge on any atom is -0.391 e. The van der Waals surface area contributed by atoms with Crippen LogP contribution < -0.4 is 11.1 Å². The minimum atomic E-state index is -0.685. The van der Waals surface area contributed by atoms with E-state index in [2.05, 4.69) is 5.32 Å². The second kappa shape index (κ2) is 6.73. The van der Waals surface area contributed by atoms with Crippen molar-refractivity contribution < 1.29 is 9.90 Å². The van der Waals surface area contributed by atoms with E-state index in [-0.39, 0.29) is 30.5 Å². The molecule has 2 aliphatic carbocycles. The first kappa shape index (κ1) is 15.7. The number of carbonyl (C=O) groups excluding carboxylic acids is 1. The Bertz CT molecular complexity index is 280. The molecule has 0 aromatic carbocycles. The van der Waals surface area contributed by atoms with Crippen LogP contribution in [0.4, 0.5) is 0 Å². The zero-order valence-electron chi connectivity index (χ0n) is 10.9. The zero-order valence-corrected chi connectivity index (χ0v) is 11.7. The average Bonchev–Trinajstić information content (AvgIpc) is 2.33. The van der Waals surface area contributed by atoms with E-state index in [4.69, 9.17) is 5.73 Å². The number of carbonyl (C=O) groups is 1. The first-order valence-electron chi connectivity index (χ1n) is 6.90. The highest BCUT2D eigenvalue weighted by Gasteiger charge is 2.37. The number of amides is 1. The summed E-state index contributed by atoms with van der Waals surface area (Å²) in [6, 6.07) is -0.0846. The van der Waals surface area contributed by atoms with Gasteiger partial charge in [0.1, 0.15) is 0 Å². The van der Waals surface area contributed by atoms with E-state index in [0.717, 1.165) is 51.4 Å². The van der Waals surface area contributed by atoms with Gasteiger partial charge in [0.05, 0.1) is 17.7 Å². The Morgan fingerprint density at radius 2 is 1.72 bits per heavy atom. The fourth-order valence-electron chi connectivity index (χ4n) is 3.00. The highest BCUT2D eigenvalue weighted by molar-refractivity contribution is 5.86. The third kappa shape index (κ3) is 3.59. The van der Waals surface area contributed by atoms with Crippen LogP contribution in [0.1, 0.15) is 57.8 Å². The predicted molar refractivity (Wildman–Crippen MR) is 73.7 cm³/mol. The van der Waals surface area contributed by atoms with Crippen LogP contribution in [0.25, 0.3) is 0 Å². The lowest BCUT2D eigenvalue weighted by Crippen LogP contribution is -2.59. The van der Waals surface area contributed by atoms with E-state index in [1.165, 1.54) is 6.42 Å². The summed E-state index contributed by atoms with van der Waals surface area (Å²) in [6.45, 7) is 0. The van der Waals surface area contributed by atoms with E-state index < -0.39 is 5.54 Å². The topological polar surface area (TPSA) is 75.4 Å². The van der Waals surface area contributed by atoms with Crippen LogP contribution in [0.15, 0.2) is 0 Å². The van der Waals surface area contributed by atoms with Crippen molar-refractivity contribution in [3.05, 3.63) is 0 Å². The van der Waals surface area contributed by atoms with Gasteiger partial charge in [0.25, 0.3) is 0 Å². The molecule has 0 aliphatic heterocycles. The molecule has 2 saturated carbocycles. The van der Waals surface area contributed by atoms with Crippen LogP contribution in [0, 0.1) is 0 Å². The molecule has 2 atom stereocenters. The van der Waals surface area contributed by atoms with Crippen molar-refractivity contribution in [1.29, 1.82) is 0 Å². The van der Waals surface area contributed by atoms with Crippen LogP contribution in [-0.2, 0) is 4.79 Å². The highest BCUT2D eigenvalue weighted by Crippen LogP contribution is 2.27. The summed E-state index contributed by atoms with van der Waals surface area (Å²) in [5.74, 6) is -0.0526. The molecule has 106 valence electrons. The number of hydrogen-bond acceptors (Lipinski definition) is 3. The summed E-state index contributed by atoms with van der Waals surface area (Å²) in [7, 11) is 0. The molecule has 0 aromatic rings. The minimum absolute atomic E-state index is 0. The first-order chi connectivity index (χ1) is 8.12. The van der Waals surface area contributed by atoms with E-state index in [0.29, 0.717) is 0 Å². The Morgan fingerprint density at radius 3 is 2.33 bits per heavy atom. The smallest absolute Gasteiger partial charge is 0.240 e. The second-order valence-corrected chi connectivity index (χ2v) is 5.65. The van der Waals surface area contributed by atoms with Crippen molar-refractivity contribution in [3.8, 4) is 0 Å². The maximum atomic E-state index is 12.2. The maximum Gasteiger partial charge on any atom is 0.240 e. The molecule has 18 heavy (non-hydrogen) atoms. The molecule has 2 aliphatic rings. The quantitative estimate of drug-likeness (QED) is 0.715. The molecule has 4 nitrogen and oxygen atoms in total. The van der Waals surface area contributed by atoms with Crippen molar-refractivity contribution in [3.63, 3.8) is 0 Å². The third-order valence-electron chi connectivity index (χ3n) is 4.24. The summed E-state index contributed by atoms with van der Waals surface area (Å²) >= 11 is 0. The van der Waals surface area contributed by atoms with Gasteiger partial charge < -0.3 is 16.2 Å². The van der Waals surface area contributed by atoms with Crippen molar-refractivity contribution >= 4 is 18.3 Å². The van der Waals surface area contributed by atoms with Crippen molar-refractivity contribution in [2.75, 3.05) is 0 Å². The second-order valence-electron chi connectivity index (χ2n) is 5.65. The van der Waals surface area contributed by atoms with E-state index in [9.17, 15) is 9.90 Å². The number of rotatable bonds is 2. The molecule has 2 rings (SSSR count). The number of nitrogens with one attached hydrogen (secondary N) is 1. The Morgan fingerprint density at radius 1 is 1.11 bits per heavy atom. The van der Waals surface area contributed by atoms with Crippen LogP contribution in [0.5, 0.6) is 0 Å². The van der Waals surface area contributed by atoms with Gasteiger partial charge in [0, 0.05) is 0 Å². The fraction of sp³-hybridized carbons (Fsp3) is 0.923. The normalized spacial score (nSPS) is 31.2. The molecule has 4 N–H and O–H groups in total. The summed E-state index contributed by atoms with van der Waals surface area (Å²) in [5.41, 5.74) is 5.49. The Hall–Kier alpha value is -0.320. The molecule has 0 saturated heterocycles. The van der Waals surface area contributed by atoms with E-state index >= 15 is 0 Å². The monoisotopic (exact) mass is 276 g/mol. The summed E-state index contributed by atoms with van der Waals surface area (Å²) in [4.78, 5) is 12.2. The van der Waals surface area contributed by atoms with Crippen LogP contribution >= 0.6 is 12.4 Å². The first-order valence-corrected chi connectivity index (χ1v) is 6.90. The van der Waals surface area contributed by atoms with Gasteiger partial charge in [0.2, 0.25) is 5.91 Å². The molecule has 2 fully saturated rings. The van der Waals surface area contributed by atoms with Crippen LogP contribution in [0.3, 0.4) is 0 Å². The molecule has 5 heteroatoms. The van der Waals surface area contributed by atoms with Gasteiger partial charge in [-0.05, 0) is 25.7 Å². The molecule has 0 bridgehead atoms. The van der Waals surface area contributed by atoms with Crippen LogP contribution in [-0.4, -0.2) is 28.7 Å². The Labute approximate surface area is 115 Å². The molecular weight excluding hydrogens is 252 g/mol. The number of hydrogen-bond donors (Lipinski definition) is 3. The number of nitrogens with two attached hydrogens (primary N) is 1. The Balaban J connectivity index is 0.00000162. The third-order valence-corrected chi connectivity index (χ3v) is 4.24. The Kier molecular flexibility index (Phi) is 5.89. The zero-order chi connectivity index (χ0) is 12.3. The van der Waals surface area contributed by atoms with Crippen LogP contribution in [0.2, 0.25) is 0 Å². The lowest BCUT2D eigenvalue weighted by Gasteiger charge is -2.35.